The van der Waals surface area contributed by atoms with Gasteiger partial charge in [0.25, 0.3) is 0 Å². The van der Waals surface area contributed by atoms with E-state index in [4.69, 9.17) is 5.84 Å². The second-order valence-electron chi connectivity index (χ2n) is 5.21. The van der Waals surface area contributed by atoms with Gasteiger partial charge in [-0.3, -0.25) is 4.90 Å². The van der Waals surface area contributed by atoms with Crippen LogP contribution in [0.1, 0.15) is 25.7 Å². The van der Waals surface area contributed by atoms with Crippen molar-refractivity contribution in [3.8, 4) is 0 Å². The lowest BCUT2D eigenvalue weighted by molar-refractivity contribution is 0.193. The van der Waals surface area contributed by atoms with Gasteiger partial charge >= 0.3 is 0 Å². The fourth-order valence-electron chi connectivity index (χ4n) is 3.23. The highest BCUT2D eigenvalue weighted by molar-refractivity contribution is 5.52. The van der Waals surface area contributed by atoms with Crippen LogP contribution in [0.2, 0.25) is 0 Å². The Morgan fingerprint density at radius 1 is 1.28 bits per heavy atom. The van der Waals surface area contributed by atoms with Crippen LogP contribution < -0.4 is 16.6 Å². The zero-order valence-electron chi connectivity index (χ0n) is 10.6. The molecule has 2 atom stereocenters. The van der Waals surface area contributed by atoms with Crippen LogP contribution in [0.15, 0.2) is 18.3 Å². The van der Waals surface area contributed by atoms with E-state index in [1.165, 1.54) is 38.8 Å². The summed E-state index contributed by atoms with van der Waals surface area (Å²) in [4.78, 5) is 6.76. The number of nitrogens with one attached hydrogen (secondary N) is 2. The molecule has 3 heterocycles. The number of nitrogens with two attached hydrogens (primary N) is 1. The number of pyridine rings is 1. The molecule has 0 aliphatic carbocycles. The molecule has 2 aliphatic rings. The normalized spacial score (nSPS) is 27.8. The van der Waals surface area contributed by atoms with Crippen molar-refractivity contribution in [1.29, 1.82) is 0 Å². The van der Waals surface area contributed by atoms with E-state index in [0.29, 0.717) is 17.9 Å². The molecule has 3 rings (SSSR count). The SMILES string of the molecule is NNc1cc(NC2CCN3CCCCC23)ccn1. The van der Waals surface area contributed by atoms with Gasteiger partial charge in [-0.15, -0.1) is 0 Å². The summed E-state index contributed by atoms with van der Waals surface area (Å²) in [5.74, 6) is 6.09. The highest BCUT2D eigenvalue weighted by Gasteiger charge is 2.35. The molecule has 18 heavy (non-hydrogen) atoms. The van der Waals surface area contributed by atoms with Crippen molar-refractivity contribution in [2.75, 3.05) is 23.8 Å². The van der Waals surface area contributed by atoms with Crippen molar-refractivity contribution in [3.63, 3.8) is 0 Å². The fourth-order valence-corrected chi connectivity index (χ4v) is 3.23. The van der Waals surface area contributed by atoms with Gasteiger partial charge in [-0.25, -0.2) is 10.8 Å². The van der Waals surface area contributed by atoms with Gasteiger partial charge in [0.15, 0.2) is 0 Å². The van der Waals surface area contributed by atoms with Crippen molar-refractivity contribution in [3.05, 3.63) is 18.3 Å². The summed E-state index contributed by atoms with van der Waals surface area (Å²) in [5.41, 5.74) is 3.69. The quantitative estimate of drug-likeness (QED) is 0.556. The van der Waals surface area contributed by atoms with E-state index >= 15 is 0 Å². The molecule has 0 amide bonds. The number of anilines is 2. The summed E-state index contributed by atoms with van der Waals surface area (Å²) in [7, 11) is 0. The molecule has 4 N–H and O–H groups in total. The van der Waals surface area contributed by atoms with Crippen LogP contribution in [-0.2, 0) is 0 Å². The van der Waals surface area contributed by atoms with Crippen LogP contribution in [0.25, 0.3) is 0 Å². The first-order chi connectivity index (χ1) is 8.86. The zero-order valence-corrected chi connectivity index (χ0v) is 10.6. The third-order valence-corrected chi connectivity index (χ3v) is 4.12. The molecular formula is C13H21N5. The Balaban J connectivity index is 1.68. The Kier molecular flexibility index (Phi) is 3.34. The summed E-state index contributed by atoms with van der Waals surface area (Å²) in [5, 5.41) is 3.64. The number of rotatable bonds is 3. The lowest BCUT2D eigenvalue weighted by atomic mass is 9.99. The van der Waals surface area contributed by atoms with Crippen molar-refractivity contribution in [2.24, 2.45) is 5.84 Å². The molecule has 2 fully saturated rings. The fraction of sp³-hybridized carbons (Fsp3) is 0.615. The largest absolute Gasteiger partial charge is 0.381 e. The summed E-state index contributed by atoms with van der Waals surface area (Å²) in [6, 6.07) is 5.25. The lowest BCUT2D eigenvalue weighted by Gasteiger charge is -2.33. The Hall–Kier alpha value is -1.33. The second kappa shape index (κ2) is 5.12. The molecule has 0 bridgehead atoms. The maximum atomic E-state index is 5.38. The van der Waals surface area contributed by atoms with E-state index in [1.54, 1.807) is 6.20 Å². The summed E-state index contributed by atoms with van der Waals surface area (Å²) >= 11 is 0. The standard InChI is InChI=1S/C13H21N5/c14-17-13-9-10(4-6-15-13)16-11-5-8-18-7-2-1-3-12(11)18/h4,6,9,11-12H,1-3,5,7-8,14H2,(H2,15,16,17). The summed E-state index contributed by atoms with van der Waals surface area (Å²) in [6.45, 7) is 2.50. The van der Waals surface area contributed by atoms with Crippen LogP contribution in [0.3, 0.4) is 0 Å². The first-order valence-electron chi connectivity index (χ1n) is 6.80. The number of piperidine rings is 1. The zero-order chi connectivity index (χ0) is 12.4. The first kappa shape index (κ1) is 11.7. The number of nitrogen functional groups attached to an aromatic ring is 1. The summed E-state index contributed by atoms with van der Waals surface area (Å²) in [6.07, 6.45) is 7.07. The van der Waals surface area contributed by atoms with Gasteiger partial charge in [-0.1, -0.05) is 6.42 Å². The monoisotopic (exact) mass is 247 g/mol. The predicted molar refractivity (Wildman–Crippen MR) is 73.3 cm³/mol. The van der Waals surface area contributed by atoms with Gasteiger partial charge in [0.1, 0.15) is 5.82 Å². The Bertz CT molecular complexity index is 408. The smallest absolute Gasteiger partial charge is 0.141 e. The van der Waals surface area contributed by atoms with Gasteiger partial charge in [-0.05, 0) is 31.9 Å². The van der Waals surface area contributed by atoms with E-state index in [2.05, 4.69) is 20.6 Å². The van der Waals surface area contributed by atoms with Crippen LogP contribution in [0.5, 0.6) is 0 Å². The van der Waals surface area contributed by atoms with E-state index in [0.717, 1.165) is 5.69 Å². The van der Waals surface area contributed by atoms with E-state index in [9.17, 15) is 0 Å². The average molecular weight is 247 g/mol. The lowest BCUT2D eigenvalue weighted by Crippen LogP contribution is -2.41. The van der Waals surface area contributed by atoms with Gasteiger partial charge in [0.2, 0.25) is 0 Å². The molecule has 5 nitrogen and oxygen atoms in total. The average Bonchev–Trinajstić information content (AvgIpc) is 2.83. The maximum absolute atomic E-state index is 5.38. The number of hydrogen-bond acceptors (Lipinski definition) is 5. The maximum Gasteiger partial charge on any atom is 0.141 e. The van der Waals surface area contributed by atoms with Crippen molar-refractivity contribution in [2.45, 2.75) is 37.8 Å². The van der Waals surface area contributed by atoms with Crippen molar-refractivity contribution in [1.82, 2.24) is 9.88 Å². The third-order valence-electron chi connectivity index (χ3n) is 4.12. The third kappa shape index (κ3) is 2.28. The van der Waals surface area contributed by atoms with Gasteiger partial charge in [-0.2, -0.15) is 0 Å². The number of hydrogen-bond donors (Lipinski definition) is 3. The molecule has 2 aliphatic heterocycles. The van der Waals surface area contributed by atoms with Crippen LogP contribution >= 0.6 is 0 Å². The topological polar surface area (TPSA) is 66.2 Å². The van der Waals surface area contributed by atoms with Crippen molar-refractivity contribution < 1.29 is 0 Å². The minimum Gasteiger partial charge on any atom is -0.381 e. The number of aromatic nitrogens is 1. The van der Waals surface area contributed by atoms with Crippen LogP contribution in [0.4, 0.5) is 11.5 Å². The molecule has 0 spiro atoms. The second-order valence-corrected chi connectivity index (χ2v) is 5.21. The minimum atomic E-state index is 0.568. The molecule has 2 saturated heterocycles. The van der Waals surface area contributed by atoms with Crippen LogP contribution in [0, 0.1) is 0 Å². The van der Waals surface area contributed by atoms with Crippen molar-refractivity contribution >= 4 is 11.5 Å². The molecule has 0 aromatic carbocycles. The highest BCUT2D eigenvalue weighted by Crippen LogP contribution is 2.29. The molecule has 5 heteroatoms. The van der Waals surface area contributed by atoms with E-state index in [-0.39, 0.29) is 0 Å². The highest BCUT2D eigenvalue weighted by atomic mass is 15.3. The summed E-state index contributed by atoms with van der Waals surface area (Å²) < 4.78 is 0. The molecule has 0 saturated carbocycles. The Morgan fingerprint density at radius 3 is 3.11 bits per heavy atom. The van der Waals surface area contributed by atoms with Gasteiger partial charge in [0.05, 0.1) is 0 Å². The molecule has 98 valence electrons. The number of fused-ring (bicyclic) bond motifs is 1. The molecule has 1 aromatic rings. The molecule has 1 aromatic heterocycles. The molecule has 2 unspecified atom stereocenters. The predicted octanol–water partition coefficient (Wildman–Crippen LogP) is 1.41. The number of hydrazine groups is 1. The van der Waals surface area contributed by atoms with E-state index in [1.807, 2.05) is 12.1 Å². The molecule has 0 radical (unpaired) electrons. The van der Waals surface area contributed by atoms with Gasteiger partial charge < -0.3 is 10.7 Å². The minimum absolute atomic E-state index is 0.568. The Labute approximate surface area is 108 Å². The van der Waals surface area contributed by atoms with Gasteiger partial charge in [0, 0.05) is 36.6 Å². The number of nitrogens with zero attached hydrogens (tertiary/aromatic N) is 2. The van der Waals surface area contributed by atoms with Crippen LogP contribution in [-0.4, -0.2) is 35.1 Å². The first-order valence-corrected chi connectivity index (χ1v) is 6.80. The molecular weight excluding hydrogens is 226 g/mol. The van der Waals surface area contributed by atoms with E-state index < -0.39 is 0 Å². The Morgan fingerprint density at radius 2 is 2.22 bits per heavy atom.